The third kappa shape index (κ3) is 5.72. The number of imide groups is 1. The minimum atomic E-state index is -0.738. The Kier molecular flexibility index (Phi) is 6.98. The normalized spacial score (nSPS) is 21.1. The zero-order valence-corrected chi connectivity index (χ0v) is 20.4. The highest BCUT2D eigenvalue weighted by Crippen LogP contribution is 2.35. The van der Waals surface area contributed by atoms with E-state index in [-0.39, 0.29) is 36.8 Å². The molecule has 1 aromatic carbocycles. The van der Waals surface area contributed by atoms with Gasteiger partial charge in [-0.2, -0.15) is 0 Å². The molecule has 0 aliphatic carbocycles. The molecule has 11 heteroatoms. The predicted molar refractivity (Wildman–Crippen MR) is 125 cm³/mol. The van der Waals surface area contributed by atoms with Crippen molar-refractivity contribution in [2.24, 2.45) is 0 Å². The summed E-state index contributed by atoms with van der Waals surface area (Å²) in [6, 6.07) is 1.93. The number of benzene rings is 1. The summed E-state index contributed by atoms with van der Waals surface area (Å²) < 4.78 is 19.7. The van der Waals surface area contributed by atoms with Crippen molar-refractivity contribution >= 4 is 29.5 Å². The van der Waals surface area contributed by atoms with Crippen LogP contribution in [-0.2, 0) is 20.9 Å². The number of nitrogens with zero attached hydrogens (tertiary/aromatic N) is 3. The maximum absolute atomic E-state index is 14.5. The molecule has 1 unspecified atom stereocenters. The highest BCUT2D eigenvalue weighted by Gasteiger charge is 2.41. The molecule has 1 aromatic rings. The van der Waals surface area contributed by atoms with Gasteiger partial charge in [0.1, 0.15) is 17.5 Å². The van der Waals surface area contributed by atoms with Crippen molar-refractivity contribution in [2.45, 2.75) is 51.8 Å². The van der Waals surface area contributed by atoms with Crippen LogP contribution in [0.5, 0.6) is 0 Å². The lowest BCUT2D eigenvalue weighted by Crippen LogP contribution is -2.52. The maximum Gasteiger partial charge on any atom is 0.407 e. The van der Waals surface area contributed by atoms with Crippen molar-refractivity contribution in [1.29, 1.82) is 0 Å². The molecule has 1 atom stereocenters. The number of anilines is 1. The summed E-state index contributed by atoms with van der Waals surface area (Å²) >= 11 is 0. The lowest BCUT2D eigenvalue weighted by Gasteiger charge is -2.37. The number of amides is 4. The predicted octanol–water partition coefficient (Wildman–Crippen LogP) is 1.23. The molecule has 0 aromatic heterocycles. The zero-order valence-electron chi connectivity index (χ0n) is 20.4. The number of hydrogen-bond donors (Lipinski definition) is 2. The topological polar surface area (TPSA) is 111 Å². The number of alkyl carbamates (subject to hydrolysis) is 1. The lowest BCUT2D eigenvalue weighted by atomic mass is 10.0. The Hall–Kier alpha value is -3.21. The van der Waals surface area contributed by atoms with Gasteiger partial charge in [-0.3, -0.25) is 24.6 Å². The van der Waals surface area contributed by atoms with Crippen molar-refractivity contribution in [3.05, 3.63) is 29.1 Å². The first-order chi connectivity index (χ1) is 16.5. The molecule has 0 bridgehead atoms. The van der Waals surface area contributed by atoms with Gasteiger partial charge in [-0.15, -0.1) is 0 Å². The first kappa shape index (κ1) is 24.9. The smallest absolute Gasteiger partial charge is 0.407 e. The van der Waals surface area contributed by atoms with E-state index in [0.29, 0.717) is 50.5 Å². The monoisotopic (exact) mass is 489 g/mol. The number of rotatable bonds is 5. The minimum Gasteiger partial charge on any atom is -0.444 e. The average Bonchev–Trinajstić information content (AvgIpc) is 3.09. The van der Waals surface area contributed by atoms with Crippen LogP contribution in [0.25, 0.3) is 0 Å². The number of carbonyl (C=O) groups is 4. The molecule has 190 valence electrons. The van der Waals surface area contributed by atoms with E-state index in [0.717, 1.165) is 0 Å². The number of hydrogen-bond acceptors (Lipinski definition) is 7. The number of piperazine rings is 1. The molecule has 3 heterocycles. The first-order valence-corrected chi connectivity index (χ1v) is 11.9. The highest BCUT2D eigenvalue weighted by molar-refractivity contribution is 6.06. The van der Waals surface area contributed by atoms with Crippen LogP contribution in [0.1, 0.15) is 49.5 Å². The number of carbonyl (C=O) groups excluding carboxylic acids is 4. The van der Waals surface area contributed by atoms with Gasteiger partial charge in [0.15, 0.2) is 0 Å². The van der Waals surface area contributed by atoms with Gasteiger partial charge in [0.25, 0.3) is 5.91 Å². The highest BCUT2D eigenvalue weighted by atomic mass is 19.1. The zero-order chi connectivity index (χ0) is 25.3. The van der Waals surface area contributed by atoms with Crippen molar-refractivity contribution in [3.63, 3.8) is 0 Å². The third-order valence-electron chi connectivity index (χ3n) is 6.41. The molecule has 4 amide bonds. The van der Waals surface area contributed by atoms with Crippen LogP contribution >= 0.6 is 0 Å². The molecule has 35 heavy (non-hydrogen) atoms. The standard InChI is InChI=1S/C24H32FN5O5/c1-24(2,3)35-23(34)26-6-7-28-8-10-29(11-9-28)19-13-15(25)12-16-17(19)14-30(22(16)33)18-4-5-20(31)27-21(18)32/h12-13,18H,4-11,14H2,1-3H3,(H,26,34)(H,27,31,32). The van der Waals surface area contributed by atoms with Crippen LogP contribution in [0.2, 0.25) is 0 Å². The van der Waals surface area contributed by atoms with Crippen molar-refractivity contribution < 1.29 is 28.3 Å². The molecule has 0 radical (unpaired) electrons. The van der Waals surface area contributed by atoms with Gasteiger partial charge >= 0.3 is 6.09 Å². The summed E-state index contributed by atoms with van der Waals surface area (Å²) in [5, 5.41) is 5.04. The molecule has 2 N–H and O–H groups in total. The second-order valence-electron chi connectivity index (χ2n) is 10.1. The summed E-state index contributed by atoms with van der Waals surface area (Å²) in [5.41, 5.74) is 1.10. The molecule has 4 rings (SSSR count). The molecule has 0 spiro atoms. The second kappa shape index (κ2) is 9.80. The van der Waals surface area contributed by atoms with E-state index in [2.05, 4.69) is 20.4 Å². The van der Waals surface area contributed by atoms with Gasteiger partial charge in [-0.05, 0) is 39.3 Å². The van der Waals surface area contributed by atoms with Crippen LogP contribution in [-0.4, -0.2) is 84.5 Å². The molecule has 2 saturated heterocycles. The number of nitrogens with one attached hydrogen (secondary N) is 2. The van der Waals surface area contributed by atoms with Crippen LogP contribution in [0, 0.1) is 5.82 Å². The molecule has 10 nitrogen and oxygen atoms in total. The fraction of sp³-hybridized carbons (Fsp3) is 0.583. The average molecular weight is 490 g/mol. The molecule has 2 fully saturated rings. The van der Waals surface area contributed by atoms with Crippen molar-refractivity contribution in [3.8, 4) is 0 Å². The largest absolute Gasteiger partial charge is 0.444 e. The Labute approximate surface area is 203 Å². The van der Waals surface area contributed by atoms with Crippen molar-refractivity contribution in [2.75, 3.05) is 44.2 Å². The molecule has 3 aliphatic rings. The second-order valence-corrected chi connectivity index (χ2v) is 10.1. The van der Waals surface area contributed by atoms with E-state index in [4.69, 9.17) is 4.74 Å². The van der Waals surface area contributed by atoms with E-state index in [9.17, 15) is 23.6 Å². The summed E-state index contributed by atoms with van der Waals surface area (Å²) in [6.07, 6.45) is -0.0162. The fourth-order valence-corrected chi connectivity index (χ4v) is 4.73. The van der Waals surface area contributed by atoms with Crippen LogP contribution in [0.4, 0.5) is 14.9 Å². The van der Waals surface area contributed by atoms with Crippen LogP contribution in [0.15, 0.2) is 12.1 Å². The summed E-state index contributed by atoms with van der Waals surface area (Å²) in [6.45, 7) is 9.46. The number of halogens is 1. The van der Waals surface area contributed by atoms with Gasteiger partial charge in [0, 0.05) is 69.0 Å². The number of ether oxygens (including phenoxy) is 1. The Morgan fingerprint density at radius 3 is 2.54 bits per heavy atom. The van der Waals surface area contributed by atoms with Gasteiger partial charge < -0.3 is 19.9 Å². The quantitative estimate of drug-likeness (QED) is 0.599. The number of piperidine rings is 1. The number of fused-ring (bicyclic) bond motifs is 1. The Morgan fingerprint density at radius 1 is 1.17 bits per heavy atom. The maximum atomic E-state index is 14.5. The molecular formula is C24H32FN5O5. The first-order valence-electron chi connectivity index (χ1n) is 11.9. The third-order valence-corrected chi connectivity index (χ3v) is 6.41. The van der Waals surface area contributed by atoms with E-state index in [1.54, 1.807) is 0 Å². The summed E-state index contributed by atoms with van der Waals surface area (Å²) in [5.74, 6) is -1.72. The Balaban J connectivity index is 1.37. The SMILES string of the molecule is CC(C)(C)OC(=O)NCCN1CCN(c2cc(F)cc3c2CN(C2CCC(=O)NC2=O)C3=O)CC1. The molecular weight excluding hydrogens is 457 g/mol. The summed E-state index contributed by atoms with van der Waals surface area (Å²) in [4.78, 5) is 54.4. The van der Waals surface area contributed by atoms with Gasteiger partial charge in [-0.1, -0.05) is 0 Å². The Morgan fingerprint density at radius 2 is 1.89 bits per heavy atom. The van der Waals surface area contributed by atoms with E-state index in [1.807, 2.05) is 20.8 Å². The van der Waals surface area contributed by atoms with Gasteiger partial charge in [0.2, 0.25) is 11.8 Å². The summed E-state index contributed by atoms with van der Waals surface area (Å²) in [7, 11) is 0. The van der Waals surface area contributed by atoms with Gasteiger partial charge in [0.05, 0.1) is 0 Å². The van der Waals surface area contributed by atoms with Gasteiger partial charge in [-0.25, -0.2) is 9.18 Å². The molecule has 3 aliphatic heterocycles. The van der Waals surface area contributed by atoms with Crippen LogP contribution in [0.3, 0.4) is 0 Å². The van der Waals surface area contributed by atoms with E-state index >= 15 is 0 Å². The Bertz CT molecular complexity index is 1030. The lowest BCUT2D eigenvalue weighted by molar-refractivity contribution is -0.136. The van der Waals surface area contributed by atoms with Crippen LogP contribution < -0.4 is 15.5 Å². The minimum absolute atomic E-state index is 0.169. The van der Waals surface area contributed by atoms with E-state index in [1.165, 1.54) is 17.0 Å². The van der Waals surface area contributed by atoms with Crippen molar-refractivity contribution in [1.82, 2.24) is 20.4 Å². The fourth-order valence-electron chi connectivity index (χ4n) is 4.73. The molecule has 0 saturated carbocycles. The van der Waals surface area contributed by atoms with E-state index < -0.39 is 29.5 Å².